The summed E-state index contributed by atoms with van der Waals surface area (Å²) in [6.07, 6.45) is -4.66. The first kappa shape index (κ1) is 9.88. The fraction of sp³-hybridized carbons (Fsp3) is 0.571. The number of hydrogen-bond acceptors (Lipinski definition) is 3. The Labute approximate surface area is 71.8 Å². The predicted molar refractivity (Wildman–Crippen MR) is 35.9 cm³/mol. The van der Waals surface area contributed by atoms with Crippen LogP contribution >= 0.6 is 0 Å². The van der Waals surface area contributed by atoms with Crippen molar-refractivity contribution in [1.82, 2.24) is 0 Å². The molecule has 0 spiro atoms. The van der Waals surface area contributed by atoms with Crippen molar-refractivity contribution in [2.45, 2.75) is 19.0 Å². The molecule has 0 unspecified atom stereocenters. The van der Waals surface area contributed by atoms with Gasteiger partial charge in [0.05, 0.1) is 12.2 Å². The molecular formula is C7H7F3O3. The first-order valence-electron chi connectivity index (χ1n) is 3.59. The standard InChI is InChI=1S/C7H7F3O3/c8-7(9,10)5(11)4-2-1-3-13-6(4)12/h11H,1-3H2. The van der Waals surface area contributed by atoms with Crippen molar-refractivity contribution in [3.05, 3.63) is 11.3 Å². The Hall–Kier alpha value is -1.20. The lowest BCUT2D eigenvalue weighted by atomic mass is 10.1. The topological polar surface area (TPSA) is 46.5 Å². The summed E-state index contributed by atoms with van der Waals surface area (Å²) in [5, 5.41) is 8.63. The van der Waals surface area contributed by atoms with Gasteiger partial charge in [-0.25, -0.2) is 4.79 Å². The van der Waals surface area contributed by atoms with Crippen LogP contribution in [0.3, 0.4) is 0 Å². The first-order valence-corrected chi connectivity index (χ1v) is 3.59. The highest BCUT2D eigenvalue weighted by Gasteiger charge is 2.39. The van der Waals surface area contributed by atoms with Crippen molar-refractivity contribution in [2.75, 3.05) is 6.61 Å². The highest BCUT2D eigenvalue weighted by Crippen LogP contribution is 2.29. The van der Waals surface area contributed by atoms with E-state index in [1.165, 1.54) is 0 Å². The van der Waals surface area contributed by atoms with Crippen LogP contribution in [-0.2, 0) is 9.53 Å². The maximum Gasteiger partial charge on any atom is 0.449 e. The zero-order chi connectivity index (χ0) is 10.1. The van der Waals surface area contributed by atoms with E-state index in [1.807, 2.05) is 0 Å². The minimum absolute atomic E-state index is 0.0931. The number of carbonyl (C=O) groups is 1. The van der Waals surface area contributed by atoms with Gasteiger partial charge in [-0.1, -0.05) is 0 Å². The maximum atomic E-state index is 11.9. The van der Waals surface area contributed by atoms with E-state index < -0.39 is 23.5 Å². The molecule has 1 saturated heterocycles. The van der Waals surface area contributed by atoms with E-state index in [0.717, 1.165) is 0 Å². The van der Waals surface area contributed by atoms with Crippen LogP contribution in [0, 0.1) is 0 Å². The van der Waals surface area contributed by atoms with E-state index in [9.17, 15) is 18.0 Å². The van der Waals surface area contributed by atoms with Gasteiger partial charge in [0.25, 0.3) is 0 Å². The second-order valence-corrected chi connectivity index (χ2v) is 2.56. The average Bonchev–Trinajstić information content (AvgIpc) is 2.02. The van der Waals surface area contributed by atoms with E-state index >= 15 is 0 Å². The summed E-state index contributed by atoms with van der Waals surface area (Å²) in [5.74, 6) is -2.92. The maximum absolute atomic E-state index is 11.9. The lowest BCUT2D eigenvalue weighted by molar-refractivity contribution is -0.146. The molecule has 1 N–H and O–H groups in total. The van der Waals surface area contributed by atoms with E-state index in [-0.39, 0.29) is 13.0 Å². The first-order chi connectivity index (χ1) is 5.93. The van der Waals surface area contributed by atoms with Gasteiger partial charge in [-0.3, -0.25) is 0 Å². The molecule has 1 fully saturated rings. The highest BCUT2D eigenvalue weighted by molar-refractivity contribution is 5.89. The molecule has 0 saturated carbocycles. The summed E-state index contributed by atoms with van der Waals surface area (Å²) >= 11 is 0. The molecule has 13 heavy (non-hydrogen) atoms. The molecule has 3 nitrogen and oxygen atoms in total. The Morgan fingerprint density at radius 3 is 2.54 bits per heavy atom. The van der Waals surface area contributed by atoms with Crippen molar-refractivity contribution < 1.29 is 27.8 Å². The van der Waals surface area contributed by atoms with Crippen LogP contribution in [-0.4, -0.2) is 23.9 Å². The van der Waals surface area contributed by atoms with Crippen molar-refractivity contribution in [1.29, 1.82) is 0 Å². The second-order valence-electron chi connectivity index (χ2n) is 2.56. The summed E-state index contributed by atoms with van der Waals surface area (Å²) in [6.45, 7) is 0.105. The summed E-state index contributed by atoms with van der Waals surface area (Å²) in [5.41, 5.74) is -0.682. The Bertz CT molecular complexity index is 254. The smallest absolute Gasteiger partial charge is 0.449 e. The SMILES string of the molecule is O=C1OCCCC1=C(O)C(F)(F)F. The number of cyclic esters (lactones) is 1. The fourth-order valence-electron chi connectivity index (χ4n) is 0.989. The molecule has 0 radical (unpaired) electrons. The normalized spacial score (nSPS) is 22.5. The number of carbonyl (C=O) groups excluding carboxylic acids is 1. The Kier molecular flexibility index (Phi) is 2.49. The predicted octanol–water partition coefficient (Wildman–Crippen LogP) is 1.70. The van der Waals surface area contributed by atoms with Crippen LogP contribution in [0.2, 0.25) is 0 Å². The van der Waals surface area contributed by atoms with Crippen LogP contribution in [0.4, 0.5) is 13.2 Å². The molecule has 74 valence electrons. The minimum atomic E-state index is -4.87. The lowest BCUT2D eigenvalue weighted by Gasteiger charge is -2.16. The summed E-state index contributed by atoms with van der Waals surface area (Å²) < 4.78 is 40.0. The van der Waals surface area contributed by atoms with Crippen molar-refractivity contribution >= 4 is 5.97 Å². The Morgan fingerprint density at radius 1 is 1.46 bits per heavy atom. The Morgan fingerprint density at radius 2 is 2.08 bits per heavy atom. The van der Waals surface area contributed by atoms with Gasteiger partial charge >= 0.3 is 12.1 Å². The number of rotatable bonds is 0. The van der Waals surface area contributed by atoms with Gasteiger partial charge in [0.1, 0.15) is 0 Å². The monoisotopic (exact) mass is 196 g/mol. The van der Waals surface area contributed by atoms with Crippen molar-refractivity contribution in [3.63, 3.8) is 0 Å². The highest BCUT2D eigenvalue weighted by atomic mass is 19.4. The second kappa shape index (κ2) is 3.27. The van der Waals surface area contributed by atoms with Gasteiger partial charge < -0.3 is 9.84 Å². The number of halogens is 3. The molecule has 6 heteroatoms. The van der Waals surface area contributed by atoms with Crippen molar-refractivity contribution in [3.8, 4) is 0 Å². The van der Waals surface area contributed by atoms with Gasteiger partial charge in [0.15, 0.2) is 0 Å². The number of aliphatic hydroxyl groups excluding tert-OH is 1. The van der Waals surface area contributed by atoms with Crippen LogP contribution < -0.4 is 0 Å². The number of allylic oxidation sites excluding steroid dienone is 1. The third-order valence-corrected chi connectivity index (χ3v) is 1.61. The lowest BCUT2D eigenvalue weighted by Crippen LogP contribution is -2.23. The number of ether oxygens (including phenoxy) is 1. The molecule has 0 atom stereocenters. The third kappa shape index (κ3) is 2.13. The fourth-order valence-corrected chi connectivity index (χ4v) is 0.989. The zero-order valence-corrected chi connectivity index (χ0v) is 6.52. The molecule has 0 aliphatic carbocycles. The van der Waals surface area contributed by atoms with Gasteiger partial charge in [-0.2, -0.15) is 13.2 Å². The van der Waals surface area contributed by atoms with Gasteiger partial charge in [-0.05, 0) is 12.8 Å². The molecule has 0 bridgehead atoms. The molecule has 0 aromatic rings. The number of hydrogen-bond donors (Lipinski definition) is 1. The van der Waals surface area contributed by atoms with Gasteiger partial charge in [-0.15, -0.1) is 0 Å². The van der Waals surface area contributed by atoms with Crippen LogP contribution in [0.15, 0.2) is 11.3 Å². The Balaban J connectivity index is 2.94. The van der Waals surface area contributed by atoms with Crippen molar-refractivity contribution in [2.24, 2.45) is 0 Å². The van der Waals surface area contributed by atoms with E-state index in [0.29, 0.717) is 6.42 Å². The van der Waals surface area contributed by atoms with Crippen LogP contribution in [0.25, 0.3) is 0 Å². The largest absolute Gasteiger partial charge is 0.504 e. The number of esters is 1. The van der Waals surface area contributed by atoms with E-state index in [4.69, 9.17) is 5.11 Å². The summed E-state index contributed by atoms with van der Waals surface area (Å²) in [6, 6.07) is 0. The molecular weight excluding hydrogens is 189 g/mol. The van der Waals surface area contributed by atoms with E-state index in [1.54, 1.807) is 0 Å². The minimum Gasteiger partial charge on any atom is -0.504 e. The molecule has 0 aromatic carbocycles. The zero-order valence-electron chi connectivity index (χ0n) is 6.52. The van der Waals surface area contributed by atoms with E-state index in [2.05, 4.69) is 4.74 Å². The molecule has 1 heterocycles. The number of alkyl halides is 3. The van der Waals surface area contributed by atoms with Crippen LogP contribution in [0.1, 0.15) is 12.8 Å². The third-order valence-electron chi connectivity index (χ3n) is 1.61. The molecule has 1 aliphatic rings. The summed E-state index contributed by atoms with van der Waals surface area (Å²) in [7, 11) is 0. The molecule has 0 aromatic heterocycles. The number of aliphatic hydroxyl groups is 1. The molecule has 1 aliphatic heterocycles. The quantitative estimate of drug-likeness (QED) is 0.364. The average molecular weight is 196 g/mol. The van der Waals surface area contributed by atoms with Gasteiger partial charge in [0, 0.05) is 0 Å². The molecule has 0 amide bonds. The van der Waals surface area contributed by atoms with Gasteiger partial charge in [0.2, 0.25) is 5.76 Å². The van der Waals surface area contributed by atoms with Crippen LogP contribution in [0.5, 0.6) is 0 Å². The summed E-state index contributed by atoms with van der Waals surface area (Å²) in [4.78, 5) is 10.7. The molecule has 1 rings (SSSR count).